The van der Waals surface area contributed by atoms with Crippen molar-refractivity contribution in [2.45, 2.75) is 431 Å². The van der Waals surface area contributed by atoms with Gasteiger partial charge in [0.2, 0.25) is 0 Å². The van der Waals surface area contributed by atoms with Crippen LogP contribution in [0.4, 0.5) is 0 Å². The van der Waals surface area contributed by atoms with E-state index in [-0.39, 0.29) is 25.7 Å². The molecule has 0 radical (unpaired) electrons. The zero-order valence-corrected chi connectivity index (χ0v) is 68.8. The van der Waals surface area contributed by atoms with E-state index in [0.717, 1.165) is 122 Å². The summed E-state index contributed by atoms with van der Waals surface area (Å²) in [5, 5.41) is 10.7. The van der Waals surface area contributed by atoms with Gasteiger partial charge in [-0.2, -0.15) is 0 Å². The van der Waals surface area contributed by atoms with E-state index in [1.54, 1.807) is 0 Å². The molecule has 0 spiro atoms. The van der Waals surface area contributed by atoms with E-state index in [2.05, 4.69) is 76.3 Å². The molecule has 0 amide bonds. The second-order valence-electron chi connectivity index (χ2n) is 29.2. The number of esters is 4. The van der Waals surface area contributed by atoms with Gasteiger partial charge in [-0.25, -0.2) is 9.13 Å². The predicted molar refractivity (Wildman–Crippen MR) is 427 cm³/mol. The zero-order chi connectivity index (χ0) is 76.0. The number of aliphatic hydroxyl groups is 1. The molecule has 0 saturated heterocycles. The summed E-state index contributed by atoms with van der Waals surface area (Å²) >= 11 is 0. The van der Waals surface area contributed by atoms with Crippen molar-refractivity contribution in [3.8, 4) is 0 Å². The van der Waals surface area contributed by atoms with E-state index in [0.29, 0.717) is 25.7 Å². The number of carbonyl (C=O) groups is 4. The van der Waals surface area contributed by atoms with Crippen LogP contribution >= 0.6 is 15.6 Å². The molecule has 0 aromatic rings. The Labute approximate surface area is 636 Å². The number of phosphoric ester groups is 2. The normalized spacial score (nSPS) is 14.0. The average Bonchev–Trinajstić information content (AvgIpc) is 0.942. The van der Waals surface area contributed by atoms with Crippen LogP contribution in [0.15, 0.2) is 48.6 Å². The second kappa shape index (κ2) is 78.2. The standard InChI is InChI=1S/C85H158O17P2/c1-5-9-13-17-21-25-29-33-36-37-38-39-40-41-42-45-48-52-56-60-64-68-72-85(90)102-81(76-96-83(88)70-66-62-58-54-50-46-43-34-30-26-22-18-14-10-6-2)78-100-104(93,94)98-74-79(86)73-97-103(91,92)99-77-80(75-95-82(87)69-65-61-57-53-49-32-28-24-20-16-12-8-4)101-84(89)71-67-63-59-55-51-47-44-35-31-27-23-19-15-11-7-3/h26-27,30-31,34-35,43-44,79-81,86H,5-25,28-29,32-33,36-42,45-78H2,1-4H3,(H,91,92)(H,93,94)/b30-26-,31-27-,43-34-,44-35-/t79-,80+,81+/m0/s1. The quantitative estimate of drug-likeness (QED) is 0.0169. The Kier molecular flexibility index (Phi) is 75.9. The maximum absolute atomic E-state index is 13.1. The van der Waals surface area contributed by atoms with Gasteiger partial charge in [0.15, 0.2) is 12.2 Å². The third-order valence-electron chi connectivity index (χ3n) is 18.9. The molecule has 3 N–H and O–H groups in total. The van der Waals surface area contributed by atoms with Crippen molar-refractivity contribution in [2.24, 2.45) is 0 Å². The third-order valence-corrected chi connectivity index (χ3v) is 20.8. The van der Waals surface area contributed by atoms with Crippen LogP contribution in [0.25, 0.3) is 0 Å². The lowest BCUT2D eigenvalue weighted by atomic mass is 10.0. The zero-order valence-electron chi connectivity index (χ0n) is 67.0. The molecular weight excluding hydrogens is 1350 g/mol. The maximum Gasteiger partial charge on any atom is 0.472 e. The highest BCUT2D eigenvalue weighted by molar-refractivity contribution is 7.47. The van der Waals surface area contributed by atoms with Crippen LogP contribution in [0.3, 0.4) is 0 Å². The number of hydrogen-bond donors (Lipinski definition) is 3. The molecule has 19 heteroatoms. The Morgan fingerprint density at radius 2 is 0.462 bits per heavy atom. The molecule has 0 aliphatic heterocycles. The summed E-state index contributed by atoms with van der Waals surface area (Å²) in [7, 11) is -9.95. The van der Waals surface area contributed by atoms with Gasteiger partial charge in [-0.05, 0) is 77.0 Å². The largest absolute Gasteiger partial charge is 0.472 e. The van der Waals surface area contributed by atoms with Gasteiger partial charge in [0.05, 0.1) is 26.4 Å². The molecule has 0 fully saturated rings. The van der Waals surface area contributed by atoms with Crippen LogP contribution in [-0.2, 0) is 65.4 Å². The molecule has 2 unspecified atom stereocenters. The highest BCUT2D eigenvalue weighted by Crippen LogP contribution is 2.45. The Hall–Kier alpha value is -2.98. The first-order valence-electron chi connectivity index (χ1n) is 42.9. The van der Waals surface area contributed by atoms with Gasteiger partial charge in [-0.1, -0.05) is 359 Å². The van der Waals surface area contributed by atoms with E-state index in [1.165, 1.54) is 212 Å². The molecule has 0 heterocycles. The van der Waals surface area contributed by atoms with Crippen LogP contribution in [0.5, 0.6) is 0 Å². The number of ether oxygens (including phenoxy) is 4. The van der Waals surface area contributed by atoms with Crippen molar-refractivity contribution in [1.82, 2.24) is 0 Å². The SMILES string of the molecule is CCCCCC/C=C\C=C/CCCCCCCC(=O)OC[C@H](COP(=O)(O)OC[C@@H](O)COP(=O)(O)OC[C@@H](COC(=O)CCCCCCCCCCCCCC)OC(=O)CCCCCCC/C=C\C=C/CCCCCC)OC(=O)CCCCCCCCCCCCCCCCCCCCCCCC. The Bertz CT molecular complexity index is 2150. The summed E-state index contributed by atoms with van der Waals surface area (Å²) in [6.45, 7) is 4.91. The van der Waals surface area contributed by atoms with E-state index in [4.69, 9.17) is 37.0 Å². The average molecular weight is 1510 g/mol. The van der Waals surface area contributed by atoms with Gasteiger partial charge < -0.3 is 33.8 Å². The van der Waals surface area contributed by atoms with Crippen LogP contribution in [-0.4, -0.2) is 96.7 Å². The summed E-state index contributed by atoms with van der Waals surface area (Å²) < 4.78 is 68.7. The van der Waals surface area contributed by atoms with E-state index in [1.807, 2.05) is 0 Å². The van der Waals surface area contributed by atoms with Gasteiger partial charge in [0.25, 0.3) is 0 Å². The molecule has 0 aliphatic rings. The predicted octanol–water partition coefficient (Wildman–Crippen LogP) is 25.2. The van der Waals surface area contributed by atoms with Gasteiger partial charge in [0.1, 0.15) is 19.3 Å². The minimum atomic E-state index is -4.98. The third kappa shape index (κ3) is 77.2. The molecular formula is C85H158O17P2. The van der Waals surface area contributed by atoms with Gasteiger partial charge in [-0.15, -0.1) is 0 Å². The topological polar surface area (TPSA) is 237 Å². The molecule has 0 rings (SSSR count). The number of phosphoric acid groups is 2. The monoisotopic (exact) mass is 1510 g/mol. The van der Waals surface area contributed by atoms with Crippen molar-refractivity contribution in [1.29, 1.82) is 0 Å². The lowest BCUT2D eigenvalue weighted by Crippen LogP contribution is -2.30. The van der Waals surface area contributed by atoms with Crippen molar-refractivity contribution < 1.29 is 80.2 Å². The number of rotatable bonds is 82. The maximum atomic E-state index is 13.1. The molecule has 0 aromatic heterocycles. The summed E-state index contributed by atoms with van der Waals surface area (Å²) in [5.41, 5.74) is 0. The van der Waals surface area contributed by atoms with Gasteiger partial charge in [0, 0.05) is 25.7 Å². The van der Waals surface area contributed by atoms with E-state index < -0.39 is 97.5 Å². The first kappa shape index (κ1) is 101. The molecule has 0 aliphatic carbocycles. The Morgan fingerprint density at radius 3 is 0.702 bits per heavy atom. The summed E-state index contributed by atoms with van der Waals surface area (Å²) in [5.74, 6) is -2.16. The van der Waals surface area contributed by atoms with Crippen LogP contribution < -0.4 is 0 Å². The van der Waals surface area contributed by atoms with Crippen LogP contribution in [0.1, 0.15) is 413 Å². The number of aliphatic hydroxyl groups excluding tert-OH is 1. The highest BCUT2D eigenvalue weighted by Gasteiger charge is 2.30. The minimum absolute atomic E-state index is 0.0836. The first-order valence-corrected chi connectivity index (χ1v) is 45.9. The van der Waals surface area contributed by atoms with Gasteiger partial charge >= 0.3 is 39.5 Å². The van der Waals surface area contributed by atoms with Crippen LogP contribution in [0.2, 0.25) is 0 Å². The van der Waals surface area contributed by atoms with Crippen molar-refractivity contribution in [3.05, 3.63) is 48.6 Å². The number of allylic oxidation sites excluding steroid dienone is 8. The summed E-state index contributed by atoms with van der Waals surface area (Å²) in [6, 6.07) is 0. The molecule has 0 saturated carbocycles. The van der Waals surface area contributed by atoms with Gasteiger partial charge in [-0.3, -0.25) is 37.3 Å². The minimum Gasteiger partial charge on any atom is -0.462 e. The fourth-order valence-corrected chi connectivity index (χ4v) is 13.8. The van der Waals surface area contributed by atoms with E-state index in [9.17, 15) is 43.2 Å². The van der Waals surface area contributed by atoms with Crippen molar-refractivity contribution in [2.75, 3.05) is 39.6 Å². The second-order valence-corrected chi connectivity index (χ2v) is 32.1. The smallest absolute Gasteiger partial charge is 0.462 e. The summed E-state index contributed by atoms with van der Waals surface area (Å²) in [6.07, 6.45) is 78.0. The lowest BCUT2D eigenvalue weighted by molar-refractivity contribution is -0.161. The summed E-state index contributed by atoms with van der Waals surface area (Å²) in [4.78, 5) is 73.1. The molecule has 17 nitrogen and oxygen atoms in total. The van der Waals surface area contributed by atoms with E-state index >= 15 is 0 Å². The lowest BCUT2D eigenvalue weighted by Gasteiger charge is -2.21. The number of hydrogen-bond acceptors (Lipinski definition) is 15. The first-order chi connectivity index (χ1) is 50.7. The Balaban J connectivity index is 5.29. The number of unbranched alkanes of at least 4 members (excludes halogenated alkanes) is 50. The highest BCUT2D eigenvalue weighted by atomic mass is 31.2. The molecule has 0 bridgehead atoms. The fourth-order valence-electron chi connectivity index (χ4n) is 12.3. The molecule has 0 aromatic carbocycles. The molecule has 104 heavy (non-hydrogen) atoms. The van der Waals surface area contributed by atoms with Crippen molar-refractivity contribution >= 4 is 39.5 Å². The molecule has 610 valence electrons. The molecule has 5 atom stereocenters. The van der Waals surface area contributed by atoms with Crippen LogP contribution in [0, 0.1) is 0 Å². The fraction of sp³-hybridized carbons (Fsp3) is 0.859. The van der Waals surface area contributed by atoms with Crippen molar-refractivity contribution in [3.63, 3.8) is 0 Å². The Morgan fingerprint density at radius 1 is 0.269 bits per heavy atom. The number of carbonyl (C=O) groups excluding carboxylic acids is 4.